The van der Waals surface area contributed by atoms with E-state index < -0.39 is 0 Å². The molecule has 80 valence electrons. The lowest BCUT2D eigenvalue weighted by Gasteiger charge is -1.99. The number of hydrogen-bond donors (Lipinski definition) is 0. The molecule has 1 aromatic carbocycles. The van der Waals surface area contributed by atoms with Gasteiger partial charge >= 0.3 is 0 Å². The smallest absolute Gasteiger partial charge is 0.137 e. The quantitative estimate of drug-likeness (QED) is 0.758. The van der Waals surface area contributed by atoms with Crippen molar-refractivity contribution in [1.29, 1.82) is 0 Å². The maximum atomic E-state index is 11.7. The second-order valence-corrected chi connectivity index (χ2v) is 5.05. The van der Waals surface area contributed by atoms with Crippen LogP contribution in [0.3, 0.4) is 0 Å². The zero-order valence-electron chi connectivity index (χ0n) is 8.98. The summed E-state index contributed by atoms with van der Waals surface area (Å²) in [6, 6.07) is 10.4. The van der Waals surface area contributed by atoms with E-state index in [0.717, 1.165) is 18.6 Å². The first-order valence-corrected chi connectivity index (χ1v) is 6.79. The molecule has 1 aliphatic rings. The van der Waals surface area contributed by atoms with Crippen molar-refractivity contribution in [2.45, 2.75) is 18.8 Å². The molecule has 2 rings (SSSR count). The van der Waals surface area contributed by atoms with Crippen molar-refractivity contribution in [3.05, 3.63) is 35.9 Å². The van der Waals surface area contributed by atoms with E-state index in [1.165, 1.54) is 5.56 Å². The molecule has 0 amide bonds. The summed E-state index contributed by atoms with van der Waals surface area (Å²) in [4.78, 5) is 11.7. The van der Waals surface area contributed by atoms with Gasteiger partial charge in [-0.25, -0.2) is 0 Å². The molecule has 1 nitrogen and oxygen atoms in total. The summed E-state index contributed by atoms with van der Waals surface area (Å²) in [5.74, 6) is 2.26. The predicted molar refractivity (Wildman–Crippen MR) is 65.3 cm³/mol. The molecule has 15 heavy (non-hydrogen) atoms. The fourth-order valence-corrected chi connectivity index (χ4v) is 2.41. The Morgan fingerprint density at radius 2 is 2.13 bits per heavy atom. The van der Waals surface area contributed by atoms with Crippen LogP contribution in [0.5, 0.6) is 0 Å². The van der Waals surface area contributed by atoms with Crippen LogP contribution in [-0.2, 0) is 4.79 Å². The second-order valence-electron chi connectivity index (χ2n) is 4.07. The Morgan fingerprint density at radius 3 is 2.80 bits per heavy atom. The summed E-state index contributed by atoms with van der Waals surface area (Å²) in [6.45, 7) is 0. The van der Waals surface area contributed by atoms with Gasteiger partial charge in [0, 0.05) is 12.3 Å². The molecular formula is C13H16OS. The van der Waals surface area contributed by atoms with E-state index in [2.05, 4.69) is 30.5 Å². The van der Waals surface area contributed by atoms with Crippen LogP contribution in [0.4, 0.5) is 0 Å². The lowest BCUT2D eigenvalue weighted by Crippen LogP contribution is -2.03. The van der Waals surface area contributed by atoms with Gasteiger partial charge in [0.1, 0.15) is 5.78 Å². The van der Waals surface area contributed by atoms with E-state index in [1.54, 1.807) is 11.8 Å². The molecule has 0 radical (unpaired) electrons. The Labute approximate surface area is 95.3 Å². The average Bonchev–Trinajstić information content (AvgIpc) is 3.07. The van der Waals surface area contributed by atoms with Crippen LogP contribution in [0.2, 0.25) is 0 Å². The van der Waals surface area contributed by atoms with E-state index in [4.69, 9.17) is 0 Å². The highest BCUT2D eigenvalue weighted by atomic mass is 32.2. The third-order valence-electron chi connectivity index (χ3n) is 2.98. The fraction of sp³-hybridized carbons (Fsp3) is 0.462. The Hall–Kier alpha value is -0.760. The van der Waals surface area contributed by atoms with Crippen molar-refractivity contribution in [3.63, 3.8) is 0 Å². The largest absolute Gasteiger partial charge is 0.299 e. The van der Waals surface area contributed by atoms with Crippen LogP contribution in [0.1, 0.15) is 24.3 Å². The van der Waals surface area contributed by atoms with Gasteiger partial charge in [0.05, 0.1) is 0 Å². The van der Waals surface area contributed by atoms with Crippen LogP contribution in [0.15, 0.2) is 30.3 Å². The van der Waals surface area contributed by atoms with Crippen LogP contribution in [-0.4, -0.2) is 17.8 Å². The first-order chi connectivity index (χ1) is 7.33. The van der Waals surface area contributed by atoms with Gasteiger partial charge in [-0.3, -0.25) is 4.79 Å². The lowest BCUT2D eigenvalue weighted by atomic mass is 10.1. The highest BCUT2D eigenvalue weighted by molar-refractivity contribution is 7.98. The molecule has 2 heteroatoms. The van der Waals surface area contributed by atoms with Gasteiger partial charge in [-0.2, -0.15) is 11.8 Å². The zero-order valence-corrected chi connectivity index (χ0v) is 9.80. The summed E-state index contributed by atoms with van der Waals surface area (Å²) in [5.41, 5.74) is 1.33. The molecule has 1 saturated carbocycles. The van der Waals surface area contributed by atoms with Gasteiger partial charge in [-0.15, -0.1) is 0 Å². The molecule has 1 aliphatic carbocycles. The van der Waals surface area contributed by atoms with Crippen molar-refractivity contribution in [2.24, 2.45) is 5.92 Å². The molecule has 2 atom stereocenters. The van der Waals surface area contributed by atoms with Crippen molar-refractivity contribution >= 4 is 17.5 Å². The molecule has 1 aromatic rings. The number of thioether (sulfide) groups is 1. The fourth-order valence-electron chi connectivity index (χ4n) is 2.01. The summed E-state index contributed by atoms with van der Waals surface area (Å²) in [5, 5.41) is 0. The number of benzene rings is 1. The molecule has 0 heterocycles. The van der Waals surface area contributed by atoms with Gasteiger partial charge in [-0.05, 0) is 29.9 Å². The minimum atomic E-state index is 0.319. The number of hydrogen-bond acceptors (Lipinski definition) is 2. The molecule has 2 unspecified atom stereocenters. The van der Waals surface area contributed by atoms with E-state index in [0.29, 0.717) is 17.6 Å². The Morgan fingerprint density at radius 1 is 1.40 bits per heavy atom. The first-order valence-electron chi connectivity index (χ1n) is 5.39. The minimum Gasteiger partial charge on any atom is -0.299 e. The zero-order chi connectivity index (χ0) is 10.7. The first kappa shape index (κ1) is 10.7. The third kappa shape index (κ3) is 2.63. The molecule has 1 fully saturated rings. The molecular weight excluding hydrogens is 204 g/mol. The SMILES string of the molecule is CSCCC(=O)C1CC1c1ccccc1. The summed E-state index contributed by atoms with van der Waals surface area (Å²) >= 11 is 1.75. The second kappa shape index (κ2) is 4.84. The number of Topliss-reactive ketones (excluding diaryl/α,β-unsaturated/α-hetero) is 1. The van der Waals surface area contributed by atoms with Gasteiger partial charge in [-0.1, -0.05) is 30.3 Å². The maximum absolute atomic E-state index is 11.7. The molecule has 0 saturated heterocycles. The Balaban J connectivity index is 1.88. The van der Waals surface area contributed by atoms with Gasteiger partial charge in [0.2, 0.25) is 0 Å². The monoisotopic (exact) mass is 220 g/mol. The average molecular weight is 220 g/mol. The third-order valence-corrected chi connectivity index (χ3v) is 3.60. The summed E-state index contributed by atoms with van der Waals surface area (Å²) in [7, 11) is 0. The van der Waals surface area contributed by atoms with Crippen LogP contribution < -0.4 is 0 Å². The highest BCUT2D eigenvalue weighted by Gasteiger charge is 2.42. The van der Waals surface area contributed by atoms with Crippen LogP contribution in [0.25, 0.3) is 0 Å². The normalized spacial score (nSPS) is 23.8. The van der Waals surface area contributed by atoms with Gasteiger partial charge in [0.25, 0.3) is 0 Å². The van der Waals surface area contributed by atoms with Crippen molar-refractivity contribution in [3.8, 4) is 0 Å². The summed E-state index contributed by atoms with van der Waals surface area (Å²) in [6.07, 6.45) is 3.86. The molecule has 0 aromatic heterocycles. The highest BCUT2D eigenvalue weighted by Crippen LogP contribution is 2.48. The van der Waals surface area contributed by atoms with E-state index >= 15 is 0 Å². The van der Waals surface area contributed by atoms with Crippen molar-refractivity contribution in [1.82, 2.24) is 0 Å². The van der Waals surface area contributed by atoms with Crippen LogP contribution >= 0.6 is 11.8 Å². The van der Waals surface area contributed by atoms with Crippen LogP contribution in [0, 0.1) is 5.92 Å². The standard InChI is InChI=1S/C13H16OS/c1-15-8-7-13(14)12-9-11(12)10-5-3-2-4-6-10/h2-6,11-12H,7-9H2,1H3. The van der Waals surface area contributed by atoms with Gasteiger partial charge < -0.3 is 0 Å². The lowest BCUT2D eigenvalue weighted by molar-refractivity contribution is -0.119. The number of rotatable bonds is 5. The number of carbonyl (C=O) groups is 1. The van der Waals surface area contributed by atoms with Crippen molar-refractivity contribution in [2.75, 3.05) is 12.0 Å². The van der Waals surface area contributed by atoms with Gasteiger partial charge in [0.15, 0.2) is 0 Å². The Bertz CT molecular complexity index is 334. The molecule has 0 aliphatic heterocycles. The Kier molecular flexibility index (Phi) is 3.47. The van der Waals surface area contributed by atoms with E-state index in [-0.39, 0.29) is 0 Å². The molecule has 0 spiro atoms. The maximum Gasteiger partial charge on any atom is 0.137 e. The predicted octanol–water partition coefficient (Wildman–Crippen LogP) is 3.11. The number of ketones is 1. The topological polar surface area (TPSA) is 17.1 Å². The number of carbonyl (C=O) groups excluding carboxylic acids is 1. The van der Waals surface area contributed by atoms with Crippen molar-refractivity contribution < 1.29 is 4.79 Å². The minimum absolute atomic E-state index is 0.319. The van der Waals surface area contributed by atoms with E-state index in [1.807, 2.05) is 6.07 Å². The molecule has 0 bridgehead atoms. The molecule has 0 N–H and O–H groups in total. The van der Waals surface area contributed by atoms with E-state index in [9.17, 15) is 4.79 Å². The summed E-state index contributed by atoms with van der Waals surface area (Å²) < 4.78 is 0.